The van der Waals surface area contributed by atoms with E-state index in [9.17, 15) is 4.79 Å². The zero-order valence-electron chi connectivity index (χ0n) is 13.6. The van der Waals surface area contributed by atoms with Crippen molar-refractivity contribution in [3.05, 3.63) is 29.8 Å². The molecule has 2 aliphatic rings. The van der Waals surface area contributed by atoms with Gasteiger partial charge in [-0.3, -0.25) is 4.79 Å². The number of carbonyl (C=O) groups excluding carboxylic acids is 1. The molecule has 0 bridgehead atoms. The van der Waals surface area contributed by atoms with Crippen LogP contribution in [0.15, 0.2) is 24.3 Å². The predicted octanol–water partition coefficient (Wildman–Crippen LogP) is 2.84. The van der Waals surface area contributed by atoms with Gasteiger partial charge in [-0.2, -0.15) is 0 Å². The summed E-state index contributed by atoms with van der Waals surface area (Å²) in [4.78, 5) is 12.2. The second kappa shape index (κ2) is 9.14. The first-order chi connectivity index (χ1) is 10.8. The minimum absolute atomic E-state index is 0. The Morgan fingerprint density at radius 2 is 1.83 bits per heavy atom. The molecule has 1 aliphatic carbocycles. The van der Waals surface area contributed by atoms with E-state index in [1.54, 1.807) is 0 Å². The van der Waals surface area contributed by atoms with Gasteiger partial charge in [0.1, 0.15) is 5.75 Å². The number of amides is 1. The minimum Gasteiger partial charge on any atom is -0.480 e. The van der Waals surface area contributed by atoms with E-state index in [0.29, 0.717) is 19.0 Å². The van der Waals surface area contributed by atoms with E-state index in [1.165, 1.54) is 38.5 Å². The molecule has 3 rings (SSSR count). The molecule has 1 saturated carbocycles. The molecule has 5 heteroatoms. The molecule has 1 aliphatic heterocycles. The molecule has 0 saturated heterocycles. The number of hydrogen-bond donors (Lipinski definition) is 2. The van der Waals surface area contributed by atoms with E-state index in [-0.39, 0.29) is 24.4 Å². The van der Waals surface area contributed by atoms with E-state index in [0.717, 1.165) is 17.9 Å². The fraction of sp³-hybridized carbons (Fsp3) is 0.611. The first-order valence-electron chi connectivity index (χ1n) is 8.58. The van der Waals surface area contributed by atoms with Crippen LogP contribution in [0.5, 0.6) is 5.75 Å². The van der Waals surface area contributed by atoms with E-state index in [1.807, 2.05) is 24.3 Å². The highest BCUT2D eigenvalue weighted by Crippen LogP contribution is 2.28. The summed E-state index contributed by atoms with van der Waals surface area (Å²) < 4.78 is 5.70. The number of halogens is 1. The lowest BCUT2D eigenvalue weighted by molar-refractivity contribution is -0.127. The molecule has 1 aromatic carbocycles. The molecule has 1 amide bonds. The molecule has 1 heterocycles. The van der Waals surface area contributed by atoms with Gasteiger partial charge in [0.2, 0.25) is 0 Å². The van der Waals surface area contributed by atoms with Crippen LogP contribution in [-0.4, -0.2) is 31.1 Å². The fourth-order valence-corrected chi connectivity index (χ4v) is 3.39. The predicted molar refractivity (Wildman–Crippen MR) is 94.3 cm³/mol. The molecular weight excluding hydrogens is 312 g/mol. The highest BCUT2D eigenvalue weighted by Gasteiger charge is 2.28. The van der Waals surface area contributed by atoms with Gasteiger partial charge in [0.25, 0.3) is 5.91 Å². The van der Waals surface area contributed by atoms with Crippen LogP contribution in [-0.2, 0) is 11.2 Å². The molecule has 4 nitrogen and oxygen atoms in total. The van der Waals surface area contributed by atoms with Crippen LogP contribution in [0, 0.1) is 0 Å². The first-order valence-corrected chi connectivity index (χ1v) is 8.58. The van der Waals surface area contributed by atoms with Gasteiger partial charge in [0.15, 0.2) is 6.10 Å². The summed E-state index contributed by atoms with van der Waals surface area (Å²) in [5.41, 5.74) is 1.12. The molecule has 1 atom stereocenters. The lowest BCUT2D eigenvalue weighted by Crippen LogP contribution is -2.42. The van der Waals surface area contributed by atoms with E-state index in [2.05, 4.69) is 10.6 Å². The van der Waals surface area contributed by atoms with Gasteiger partial charge < -0.3 is 15.4 Å². The van der Waals surface area contributed by atoms with Gasteiger partial charge in [-0.25, -0.2) is 0 Å². The Hall–Kier alpha value is -1.26. The van der Waals surface area contributed by atoms with Crippen molar-refractivity contribution < 1.29 is 9.53 Å². The molecule has 23 heavy (non-hydrogen) atoms. The Kier molecular flexibility index (Phi) is 7.18. The SMILES string of the molecule is Cl.O=C(NCCNC1CCCCCC1)C1Cc2ccccc2O1. The average Bonchev–Trinajstić information content (AvgIpc) is 2.81. The fourth-order valence-electron chi connectivity index (χ4n) is 3.39. The van der Waals surface area contributed by atoms with Gasteiger partial charge in [0, 0.05) is 25.6 Å². The summed E-state index contributed by atoms with van der Waals surface area (Å²) in [6.07, 6.45) is 8.26. The number of hydrogen-bond acceptors (Lipinski definition) is 3. The molecule has 0 radical (unpaired) electrons. The largest absolute Gasteiger partial charge is 0.480 e. The standard InChI is InChI=1S/C18H26N2O2.ClH/c21-18(17-13-14-7-5-6-10-16(14)22-17)20-12-11-19-15-8-3-1-2-4-9-15;/h5-7,10,15,17,19H,1-4,8-9,11-13H2,(H,20,21);1H. The third kappa shape index (κ3) is 5.11. The van der Waals surface area contributed by atoms with Crippen molar-refractivity contribution in [3.8, 4) is 5.75 Å². The van der Waals surface area contributed by atoms with Crippen LogP contribution in [0.25, 0.3) is 0 Å². The monoisotopic (exact) mass is 338 g/mol. The van der Waals surface area contributed by atoms with E-state index < -0.39 is 0 Å². The van der Waals surface area contributed by atoms with Crippen molar-refractivity contribution in [1.82, 2.24) is 10.6 Å². The molecule has 2 N–H and O–H groups in total. The Morgan fingerprint density at radius 1 is 1.09 bits per heavy atom. The van der Waals surface area contributed by atoms with Crippen molar-refractivity contribution in [2.45, 2.75) is 57.1 Å². The molecule has 0 spiro atoms. The maximum Gasteiger partial charge on any atom is 0.261 e. The van der Waals surface area contributed by atoms with E-state index >= 15 is 0 Å². The molecule has 1 aromatic rings. The Bertz CT molecular complexity index is 477. The minimum atomic E-state index is -0.365. The first kappa shape index (κ1) is 18.1. The number of ether oxygens (including phenoxy) is 1. The zero-order valence-corrected chi connectivity index (χ0v) is 14.4. The Balaban J connectivity index is 0.00000192. The highest BCUT2D eigenvalue weighted by atomic mass is 35.5. The number of para-hydroxylation sites is 1. The molecular formula is C18H27ClN2O2. The van der Waals surface area contributed by atoms with Crippen LogP contribution in [0.4, 0.5) is 0 Å². The quantitative estimate of drug-likeness (QED) is 0.641. The number of benzene rings is 1. The van der Waals surface area contributed by atoms with Crippen molar-refractivity contribution in [2.24, 2.45) is 0 Å². The summed E-state index contributed by atoms with van der Waals surface area (Å²) in [7, 11) is 0. The van der Waals surface area contributed by atoms with Crippen molar-refractivity contribution in [3.63, 3.8) is 0 Å². The van der Waals surface area contributed by atoms with Crippen LogP contribution in [0.2, 0.25) is 0 Å². The molecule has 0 aromatic heterocycles. The lowest BCUT2D eigenvalue weighted by Gasteiger charge is -2.17. The molecule has 128 valence electrons. The number of nitrogens with one attached hydrogen (secondary N) is 2. The third-order valence-corrected chi connectivity index (χ3v) is 4.65. The van der Waals surface area contributed by atoms with Gasteiger partial charge in [-0.1, -0.05) is 43.9 Å². The maximum absolute atomic E-state index is 12.2. The second-order valence-electron chi connectivity index (χ2n) is 6.35. The third-order valence-electron chi connectivity index (χ3n) is 4.65. The van der Waals surface area contributed by atoms with Crippen molar-refractivity contribution >= 4 is 18.3 Å². The van der Waals surface area contributed by atoms with Crippen LogP contribution in [0.1, 0.15) is 44.1 Å². The van der Waals surface area contributed by atoms with Gasteiger partial charge in [0.05, 0.1) is 0 Å². The molecule has 1 fully saturated rings. The van der Waals surface area contributed by atoms with Crippen LogP contribution >= 0.6 is 12.4 Å². The summed E-state index contributed by atoms with van der Waals surface area (Å²) in [5.74, 6) is 0.845. The summed E-state index contributed by atoms with van der Waals surface area (Å²) in [6.45, 7) is 1.52. The van der Waals surface area contributed by atoms with Gasteiger partial charge in [-0.15, -0.1) is 12.4 Å². The molecule has 1 unspecified atom stereocenters. The topological polar surface area (TPSA) is 50.4 Å². The number of fused-ring (bicyclic) bond motifs is 1. The van der Waals surface area contributed by atoms with Crippen molar-refractivity contribution in [1.29, 1.82) is 0 Å². The Morgan fingerprint density at radius 3 is 2.57 bits per heavy atom. The van der Waals surface area contributed by atoms with Crippen LogP contribution < -0.4 is 15.4 Å². The summed E-state index contributed by atoms with van der Waals surface area (Å²) in [5, 5.41) is 6.56. The number of carbonyl (C=O) groups is 1. The summed E-state index contributed by atoms with van der Waals surface area (Å²) in [6, 6.07) is 8.51. The van der Waals surface area contributed by atoms with Gasteiger partial charge in [-0.05, 0) is 24.5 Å². The lowest BCUT2D eigenvalue weighted by atomic mass is 10.1. The highest BCUT2D eigenvalue weighted by molar-refractivity contribution is 5.85. The van der Waals surface area contributed by atoms with E-state index in [4.69, 9.17) is 4.74 Å². The average molecular weight is 339 g/mol. The van der Waals surface area contributed by atoms with Gasteiger partial charge >= 0.3 is 0 Å². The Labute approximate surface area is 144 Å². The summed E-state index contributed by atoms with van der Waals surface area (Å²) >= 11 is 0. The maximum atomic E-state index is 12.2. The number of rotatable bonds is 5. The smallest absolute Gasteiger partial charge is 0.261 e. The second-order valence-corrected chi connectivity index (χ2v) is 6.35. The van der Waals surface area contributed by atoms with Crippen LogP contribution in [0.3, 0.4) is 0 Å². The van der Waals surface area contributed by atoms with Crippen molar-refractivity contribution in [2.75, 3.05) is 13.1 Å². The zero-order chi connectivity index (χ0) is 15.2. The normalized spacial score (nSPS) is 20.8.